The van der Waals surface area contributed by atoms with Crippen LogP contribution >= 0.6 is 0 Å². The van der Waals surface area contributed by atoms with Crippen LogP contribution in [0.15, 0.2) is 5.11 Å². The Morgan fingerprint density at radius 1 is 1.50 bits per heavy atom. The molecule has 0 spiro atoms. The topological polar surface area (TPSA) is 61.2 Å². The van der Waals surface area contributed by atoms with Gasteiger partial charge in [-0.1, -0.05) is 5.11 Å². The summed E-state index contributed by atoms with van der Waals surface area (Å²) in [6.45, 7) is 5.31. The third kappa shape index (κ3) is 3.57. The first-order chi connectivity index (χ1) is 5.93. The van der Waals surface area contributed by atoms with Crippen LogP contribution in [-0.2, 0) is 4.74 Å². The van der Waals surface area contributed by atoms with Gasteiger partial charge < -0.3 is 4.74 Å². The van der Waals surface area contributed by atoms with Crippen molar-refractivity contribution in [2.75, 3.05) is 39.4 Å². The van der Waals surface area contributed by atoms with Crippen LogP contribution in [0.5, 0.6) is 0 Å². The molecule has 0 aliphatic carbocycles. The Labute approximate surface area is 80.8 Å². The van der Waals surface area contributed by atoms with Crippen LogP contribution in [0, 0.1) is 0 Å². The fourth-order valence-electron chi connectivity index (χ4n) is 1.23. The summed E-state index contributed by atoms with van der Waals surface area (Å²) in [5.41, 5.74) is 8.03. The second-order valence-electron chi connectivity index (χ2n) is 2.76. The average Bonchev–Trinajstić information content (AvgIpc) is 2.14. The maximum absolute atomic E-state index is 8.03. The van der Waals surface area contributed by atoms with E-state index in [9.17, 15) is 0 Å². The summed E-state index contributed by atoms with van der Waals surface area (Å²) in [6.07, 6.45) is 0.948. The Morgan fingerprint density at radius 3 is 2.92 bits per heavy atom. The van der Waals surface area contributed by atoms with Crippen molar-refractivity contribution in [2.24, 2.45) is 5.11 Å². The first-order valence-electron chi connectivity index (χ1n) is 4.24. The highest BCUT2D eigenvalue weighted by Crippen LogP contribution is 1.97. The fraction of sp³-hybridized carbons (Fsp3) is 1.00. The summed E-state index contributed by atoms with van der Waals surface area (Å²) < 4.78 is 5.20. The van der Waals surface area contributed by atoms with Crippen molar-refractivity contribution >= 4 is 0 Å². The van der Waals surface area contributed by atoms with Gasteiger partial charge in [0.2, 0.25) is 0 Å². The molecule has 0 bridgehead atoms. The Balaban J connectivity index is -0.0000000600. The zero-order valence-corrected chi connectivity index (χ0v) is 7.15. The number of nitrogens with zero attached hydrogens (tertiary/aromatic N) is 4. The minimum absolute atomic E-state index is 0. The predicted octanol–water partition coefficient (Wildman–Crippen LogP) is 2.50. The maximum Gasteiger partial charge on any atom is 0.0594 e. The van der Waals surface area contributed by atoms with E-state index >= 15 is 0 Å². The highest BCUT2D eigenvalue weighted by atomic mass is 16.5. The molecule has 1 fully saturated rings. The molecule has 0 N–H and O–H groups in total. The van der Waals surface area contributed by atoms with Crippen LogP contribution in [0.2, 0.25) is 0 Å². The number of rotatable bonds is 4. The molecule has 0 aromatic heterocycles. The molecule has 1 saturated heterocycles. The van der Waals surface area contributed by atoms with Crippen LogP contribution in [0.4, 0.5) is 0 Å². The van der Waals surface area contributed by atoms with E-state index in [-0.39, 0.29) is 8.56 Å². The first kappa shape index (κ1) is 9.32. The van der Waals surface area contributed by atoms with E-state index in [1.165, 1.54) is 0 Å². The van der Waals surface area contributed by atoms with Gasteiger partial charge in [0.15, 0.2) is 0 Å². The lowest BCUT2D eigenvalue weighted by Crippen LogP contribution is -2.37. The molecular formula is C7H26N4O. The molecule has 1 heterocycles. The SMILES string of the molecule is [HH].[HH].[HH].[HH].[HH].[HH].[N-]=[N+]=NCCCN1CCOCC1. The van der Waals surface area contributed by atoms with E-state index in [1.54, 1.807) is 0 Å². The number of azide groups is 1. The first-order valence-corrected chi connectivity index (χ1v) is 4.24. The maximum atomic E-state index is 8.03. The Kier molecular flexibility index (Phi) is 4.52. The molecule has 1 aliphatic rings. The Bertz CT molecular complexity index is 177. The summed E-state index contributed by atoms with van der Waals surface area (Å²) in [6, 6.07) is 0. The van der Waals surface area contributed by atoms with E-state index in [0.29, 0.717) is 6.54 Å². The lowest BCUT2D eigenvalue weighted by Gasteiger charge is -2.26. The van der Waals surface area contributed by atoms with Crippen LogP contribution < -0.4 is 0 Å². The molecule has 5 nitrogen and oxygen atoms in total. The van der Waals surface area contributed by atoms with E-state index in [2.05, 4.69) is 14.9 Å². The summed E-state index contributed by atoms with van der Waals surface area (Å²) in [7, 11) is 0. The molecule has 0 aromatic rings. The van der Waals surface area contributed by atoms with Gasteiger partial charge in [-0.2, -0.15) is 0 Å². The van der Waals surface area contributed by atoms with E-state index in [4.69, 9.17) is 10.3 Å². The molecule has 0 aromatic carbocycles. The number of morpholine rings is 1. The van der Waals surface area contributed by atoms with Crippen molar-refractivity contribution in [3.05, 3.63) is 10.4 Å². The molecule has 0 saturated carbocycles. The van der Waals surface area contributed by atoms with Crippen LogP contribution in [0.3, 0.4) is 0 Å². The molecule has 0 radical (unpaired) electrons. The van der Waals surface area contributed by atoms with E-state index in [0.717, 1.165) is 39.3 Å². The van der Waals surface area contributed by atoms with Crippen molar-refractivity contribution in [3.8, 4) is 0 Å². The van der Waals surface area contributed by atoms with Gasteiger partial charge in [0, 0.05) is 33.1 Å². The van der Waals surface area contributed by atoms with Gasteiger partial charge in [-0.15, -0.1) is 0 Å². The van der Waals surface area contributed by atoms with Crippen LogP contribution in [0.25, 0.3) is 10.4 Å². The van der Waals surface area contributed by atoms with Gasteiger partial charge >= 0.3 is 0 Å². The fourth-order valence-corrected chi connectivity index (χ4v) is 1.23. The molecule has 0 atom stereocenters. The molecule has 0 unspecified atom stereocenters. The van der Waals surface area contributed by atoms with Crippen molar-refractivity contribution in [1.82, 2.24) is 4.90 Å². The molecule has 5 heteroatoms. The highest BCUT2D eigenvalue weighted by molar-refractivity contribution is 4.62. The van der Waals surface area contributed by atoms with Crippen molar-refractivity contribution in [2.45, 2.75) is 6.42 Å². The zero-order chi connectivity index (χ0) is 8.65. The van der Waals surface area contributed by atoms with Gasteiger partial charge in [-0.25, -0.2) is 0 Å². The number of hydrogen-bond acceptors (Lipinski definition) is 3. The highest BCUT2D eigenvalue weighted by Gasteiger charge is 2.08. The van der Waals surface area contributed by atoms with Crippen LogP contribution in [-0.4, -0.2) is 44.3 Å². The standard InChI is InChI=1S/C7H14N4O.6H2/c8-10-9-2-1-3-11-4-6-12-7-5-11;;;;;;/h1-7H2;6*1H. The van der Waals surface area contributed by atoms with Gasteiger partial charge in [-0.05, 0) is 18.5 Å². The van der Waals surface area contributed by atoms with Crippen molar-refractivity contribution in [1.29, 1.82) is 0 Å². The summed E-state index contributed by atoms with van der Waals surface area (Å²) >= 11 is 0. The lowest BCUT2D eigenvalue weighted by molar-refractivity contribution is 0.0377. The summed E-state index contributed by atoms with van der Waals surface area (Å²) in [4.78, 5) is 5.03. The smallest absolute Gasteiger partial charge is 0.0594 e. The molecule has 80 valence electrons. The summed E-state index contributed by atoms with van der Waals surface area (Å²) in [5, 5.41) is 3.48. The normalized spacial score (nSPS) is 18.7. The number of ether oxygens (including phenoxy) is 1. The van der Waals surface area contributed by atoms with Gasteiger partial charge in [0.1, 0.15) is 0 Å². The second-order valence-corrected chi connectivity index (χ2v) is 2.76. The Hall–Kier alpha value is -0.770. The van der Waals surface area contributed by atoms with Crippen molar-refractivity contribution in [3.63, 3.8) is 0 Å². The third-order valence-corrected chi connectivity index (χ3v) is 1.90. The van der Waals surface area contributed by atoms with Gasteiger partial charge in [0.05, 0.1) is 13.2 Å². The molecule has 1 aliphatic heterocycles. The van der Waals surface area contributed by atoms with Crippen molar-refractivity contribution < 1.29 is 13.3 Å². The monoisotopic (exact) mass is 182 g/mol. The zero-order valence-electron chi connectivity index (χ0n) is 7.15. The molecule has 12 heavy (non-hydrogen) atoms. The van der Waals surface area contributed by atoms with E-state index < -0.39 is 0 Å². The van der Waals surface area contributed by atoms with Gasteiger partial charge in [0.25, 0.3) is 0 Å². The third-order valence-electron chi connectivity index (χ3n) is 1.90. The molecular weight excluding hydrogens is 156 g/mol. The van der Waals surface area contributed by atoms with Gasteiger partial charge in [-0.3, -0.25) is 4.90 Å². The van der Waals surface area contributed by atoms with Crippen LogP contribution in [0.1, 0.15) is 15.0 Å². The molecule has 0 amide bonds. The van der Waals surface area contributed by atoms with E-state index in [1.807, 2.05) is 0 Å². The Morgan fingerprint density at radius 2 is 2.25 bits per heavy atom. The minimum atomic E-state index is 0. The average molecular weight is 182 g/mol. The lowest BCUT2D eigenvalue weighted by atomic mass is 10.3. The largest absolute Gasteiger partial charge is 0.379 e. The molecule has 1 rings (SSSR count). The minimum Gasteiger partial charge on any atom is -0.379 e. The number of hydrogen-bond donors (Lipinski definition) is 0. The summed E-state index contributed by atoms with van der Waals surface area (Å²) in [5.74, 6) is 0. The predicted molar refractivity (Wildman–Crippen MR) is 58.6 cm³/mol. The second kappa shape index (κ2) is 5.83. The quantitative estimate of drug-likeness (QED) is 0.290.